The van der Waals surface area contributed by atoms with Crippen LogP contribution in [0.15, 0.2) is 59.1 Å². The van der Waals surface area contributed by atoms with Crippen LogP contribution in [0.2, 0.25) is 5.02 Å². The number of piperazine rings is 1. The van der Waals surface area contributed by atoms with Crippen LogP contribution >= 0.6 is 27.5 Å². The van der Waals surface area contributed by atoms with Crippen LogP contribution in [0.1, 0.15) is 5.56 Å². The fourth-order valence-electron chi connectivity index (χ4n) is 2.70. The van der Waals surface area contributed by atoms with Crippen LogP contribution in [0.4, 0.5) is 5.69 Å². The fraction of sp³-hybridized carbons (Fsp3) is 0.211. The molecule has 1 heterocycles. The second-order valence-electron chi connectivity index (χ2n) is 5.68. The van der Waals surface area contributed by atoms with Gasteiger partial charge in [0.15, 0.2) is 0 Å². The Morgan fingerprint density at radius 1 is 1.04 bits per heavy atom. The summed E-state index contributed by atoms with van der Waals surface area (Å²) in [5.74, 6) is 0.0589. The lowest BCUT2D eigenvalue weighted by atomic mass is 10.2. The summed E-state index contributed by atoms with van der Waals surface area (Å²) in [4.78, 5) is 16.5. The molecule has 5 heteroatoms. The van der Waals surface area contributed by atoms with Crippen molar-refractivity contribution in [2.24, 2.45) is 0 Å². The van der Waals surface area contributed by atoms with E-state index in [0.29, 0.717) is 0 Å². The van der Waals surface area contributed by atoms with Gasteiger partial charge in [0.1, 0.15) is 0 Å². The summed E-state index contributed by atoms with van der Waals surface area (Å²) in [5.41, 5.74) is 2.13. The molecule has 1 fully saturated rings. The monoisotopic (exact) mass is 404 g/mol. The number of hydrogen-bond acceptors (Lipinski definition) is 2. The van der Waals surface area contributed by atoms with E-state index in [2.05, 4.69) is 26.9 Å². The van der Waals surface area contributed by atoms with Gasteiger partial charge in [-0.2, -0.15) is 0 Å². The zero-order chi connectivity index (χ0) is 16.9. The first-order valence-corrected chi connectivity index (χ1v) is 9.02. The summed E-state index contributed by atoms with van der Waals surface area (Å²) in [5, 5.41) is 0.739. The van der Waals surface area contributed by atoms with Crippen LogP contribution in [0.25, 0.3) is 6.08 Å². The highest BCUT2D eigenvalue weighted by atomic mass is 79.9. The summed E-state index contributed by atoms with van der Waals surface area (Å²) in [7, 11) is 0. The molecule has 0 spiro atoms. The molecule has 1 aliphatic heterocycles. The molecular formula is C19H18BrClN2O. The van der Waals surface area contributed by atoms with Crippen molar-refractivity contribution in [1.29, 1.82) is 0 Å². The molecule has 0 aliphatic carbocycles. The number of carbonyl (C=O) groups excluding carboxylic acids is 1. The van der Waals surface area contributed by atoms with Gasteiger partial charge in [0.25, 0.3) is 0 Å². The van der Waals surface area contributed by atoms with Crippen molar-refractivity contribution in [1.82, 2.24) is 4.90 Å². The molecule has 0 unspecified atom stereocenters. The number of anilines is 1. The Hall–Kier alpha value is -1.78. The molecule has 2 aromatic carbocycles. The topological polar surface area (TPSA) is 23.6 Å². The van der Waals surface area contributed by atoms with Gasteiger partial charge in [-0.05, 0) is 42.0 Å². The van der Waals surface area contributed by atoms with Crippen LogP contribution in [-0.4, -0.2) is 37.0 Å². The molecule has 0 saturated carbocycles. The number of nitrogens with zero attached hydrogens (tertiary/aromatic N) is 2. The SMILES string of the molecule is O=C(C=Cc1ccc(Br)cc1)N1CCN(c2cccc(Cl)c2)CC1. The molecule has 1 amide bonds. The Kier molecular flexibility index (Phi) is 5.59. The van der Waals surface area contributed by atoms with Gasteiger partial charge in [-0.15, -0.1) is 0 Å². The van der Waals surface area contributed by atoms with Gasteiger partial charge in [-0.25, -0.2) is 0 Å². The minimum atomic E-state index is 0.0589. The summed E-state index contributed by atoms with van der Waals surface area (Å²) in [6.45, 7) is 3.07. The zero-order valence-electron chi connectivity index (χ0n) is 13.2. The third-order valence-corrected chi connectivity index (χ3v) is 4.82. The van der Waals surface area contributed by atoms with Crippen molar-refractivity contribution < 1.29 is 4.79 Å². The molecule has 3 rings (SSSR count). The molecule has 2 aromatic rings. The number of rotatable bonds is 3. The number of amides is 1. The van der Waals surface area contributed by atoms with E-state index < -0.39 is 0 Å². The number of benzene rings is 2. The van der Waals surface area contributed by atoms with E-state index >= 15 is 0 Å². The van der Waals surface area contributed by atoms with Gasteiger partial charge < -0.3 is 9.80 Å². The Balaban J connectivity index is 1.56. The molecule has 0 N–H and O–H groups in total. The Morgan fingerprint density at radius 3 is 2.42 bits per heavy atom. The summed E-state index contributed by atoms with van der Waals surface area (Å²) < 4.78 is 1.03. The highest BCUT2D eigenvalue weighted by Crippen LogP contribution is 2.21. The van der Waals surface area contributed by atoms with Gasteiger partial charge in [-0.1, -0.05) is 45.7 Å². The lowest BCUT2D eigenvalue weighted by molar-refractivity contribution is -0.126. The third kappa shape index (κ3) is 4.40. The number of carbonyl (C=O) groups is 1. The molecule has 3 nitrogen and oxygen atoms in total. The first kappa shape index (κ1) is 17.1. The molecule has 124 valence electrons. The smallest absolute Gasteiger partial charge is 0.246 e. The normalized spacial score (nSPS) is 15.1. The van der Waals surface area contributed by atoms with Gasteiger partial charge in [0.05, 0.1) is 0 Å². The van der Waals surface area contributed by atoms with Gasteiger partial charge in [-0.3, -0.25) is 4.79 Å². The quantitative estimate of drug-likeness (QED) is 0.704. The average molecular weight is 406 g/mol. The van der Waals surface area contributed by atoms with Gasteiger partial charge >= 0.3 is 0 Å². The van der Waals surface area contributed by atoms with Gasteiger partial charge in [0.2, 0.25) is 5.91 Å². The molecule has 1 saturated heterocycles. The van der Waals surface area contributed by atoms with Crippen molar-refractivity contribution in [2.45, 2.75) is 0 Å². The maximum atomic E-state index is 12.3. The van der Waals surface area contributed by atoms with E-state index in [1.807, 2.05) is 53.4 Å². The van der Waals surface area contributed by atoms with E-state index in [4.69, 9.17) is 11.6 Å². The summed E-state index contributed by atoms with van der Waals surface area (Å²) >= 11 is 9.45. The highest BCUT2D eigenvalue weighted by molar-refractivity contribution is 9.10. The maximum absolute atomic E-state index is 12.3. The Labute approximate surface area is 155 Å². The van der Waals surface area contributed by atoms with Crippen LogP contribution in [0.5, 0.6) is 0 Å². The average Bonchev–Trinajstić information content (AvgIpc) is 2.61. The minimum absolute atomic E-state index is 0.0589. The maximum Gasteiger partial charge on any atom is 0.246 e. The van der Waals surface area contributed by atoms with Crippen LogP contribution in [-0.2, 0) is 4.79 Å². The van der Waals surface area contributed by atoms with Crippen molar-refractivity contribution in [3.8, 4) is 0 Å². The minimum Gasteiger partial charge on any atom is -0.368 e. The molecule has 1 aliphatic rings. The molecular weight excluding hydrogens is 388 g/mol. The van der Waals surface area contributed by atoms with Crippen molar-refractivity contribution in [2.75, 3.05) is 31.1 Å². The standard InChI is InChI=1S/C19H18BrClN2O/c20-16-7-4-15(5-8-16)6-9-19(24)23-12-10-22(11-13-23)18-3-1-2-17(21)14-18/h1-9,14H,10-13H2. The largest absolute Gasteiger partial charge is 0.368 e. The van der Waals surface area contributed by atoms with Crippen molar-refractivity contribution in [3.63, 3.8) is 0 Å². The predicted molar refractivity (Wildman–Crippen MR) is 103 cm³/mol. The van der Waals surface area contributed by atoms with Gasteiger partial charge in [0, 0.05) is 47.4 Å². The third-order valence-electron chi connectivity index (χ3n) is 4.05. The van der Waals surface area contributed by atoms with Crippen LogP contribution in [0, 0.1) is 0 Å². The Bertz CT molecular complexity index is 737. The first-order valence-electron chi connectivity index (χ1n) is 7.85. The molecule has 0 aromatic heterocycles. The highest BCUT2D eigenvalue weighted by Gasteiger charge is 2.19. The van der Waals surface area contributed by atoms with E-state index in [0.717, 1.165) is 46.9 Å². The molecule has 0 atom stereocenters. The van der Waals surface area contributed by atoms with Crippen LogP contribution < -0.4 is 4.90 Å². The lowest BCUT2D eigenvalue weighted by Gasteiger charge is -2.35. The number of hydrogen-bond donors (Lipinski definition) is 0. The zero-order valence-corrected chi connectivity index (χ0v) is 15.5. The Morgan fingerprint density at radius 2 is 1.75 bits per heavy atom. The fourth-order valence-corrected chi connectivity index (χ4v) is 3.15. The summed E-state index contributed by atoms with van der Waals surface area (Å²) in [6.07, 6.45) is 3.51. The second-order valence-corrected chi connectivity index (χ2v) is 7.03. The second kappa shape index (κ2) is 7.86. The van der Waals surface area contributed by atoms with E-state index in [1.54, 1.807) is 6.08 Å². The first-order chi connectivity index (χ1) is 11.6. The van der Waals surface area contributed by atoms with Crippen molar-refractivity contribution in [3.05, 3.63) is 69.7 Å². The van der Waals surface area contributed by atoms with E-state index in [1.165, 1.54) is 0 Å². The van der Waals surface area contributed by atoms with E-state index in [9.17, 15) is 4.79 Å². The molecule has 0 bridgehead atoms. The predicted octanol–water partition coefficient (Wildman–Crippen LogP) is 4.46. The van der Waals surface area contributed by atoms with E-state index in [-0.39, 0.29) is 5.91 Å². The molecule has 0 radical (unpaired) electrons. The van der Waals surface area contributed by atoms with Crippen LogP contribution in [0.3, 0.4) is 0 Å². The lowest BCUT2D eigenvalue weighted by Crippen LogP contribution is -2.48. The molecule has 24 heavy (non-hydrogen) atoms. The van der Waals surface area contributed by atoms with Crippen molar-refractivity contribution >= 4 is 45.2 Å². The summed E-state index contributed by atoms with van der Waals surface area (Å²) in [6, 6.07) is 15.7. The number of halogens is 2.